The minimum atomic E-state index is -1.39. The highest BCUT2D eigenvalue weighted by atomic mass is 28.3. The van der Waals surface area contributed by atoms with E-state index >= 15 is 0 Å². The quantitative estimate of drug-likeness (QED) is 0.162. The van der Waals surface area contributed by atoms with Crippen LogP contribution in [0.5, 0.6) is 0 Å². The average Bonchev–Trinajstić information content (AvgIpc) is 2.69. The Bertz CT molecular complexity index is 241. The summed E-state index contributed by atoms with van der Waals surface area (Å²) in [5.74, 6) is 0. The fourth-order valence-electron chi connectivity index (χ4n) is 2.93. The number of hydrogen-bond donors (Lipinski definition) is 0. The first kappa shape index (κ1) is 27.3. The third-order valence-corrected chi connectivity index (χ3v) is 8.60. The number of unbranched alkanes of at least 4 members (excludes halogenated alkanes) is 6. The van der Waals surface area contributed by atoms with Gasteiger partial charge in [-0.1, -0.05) is 72.6 Å². The Morgan fingerprint density at radius 2 is 0.667 bits per heavy atom. The summed E-state index contributed by atoms with van der Waals surface area (Å²) in [5.41, 5.74) is 0. The molecule has 0 unspecified atom stereocenters. The van der Waals surface area contributed by atoms with Crippen LogP contribution in [0, 0.1) is 0 Å². The lowest BCUT2D eigenvalue weighted by molar-refractivity contribution is 0.195. The topological polar surface area (TPSA) is 36.9 Å². The van der Waals surface area contributed by atoms with E-state index in [2.05, 4.69) is 27.7 Å². The van der Waals surface area contributed by atoms with Crippen molar-refractivity contribution in [2.24, 2.45) is 0 Å². The molecule has 27 heavy (non-hydrogen) atoms. The van der Waals surface area contributed by atoms with Crippen molar-refractivity contribution in [3.8, 4) is 0 Å². The smallest absolute Gasteiger partial charge is 0.321 e. The molecule has 0 radical (unpaired) electrons. The summed E-state index contributed by atoms with van der Waals surface area (Å²) >= 11 is 0. The Labute approximate surface area is 173 Å². The van der Waals surface area contributed by atoms with Gasteiger partial charge in [-0.2, -0.15) is 0 Å². The van der Waals surface area contributed by atoms with Crippen LogP contribution in [0.25, 0.3) is 0 Å². The van der Waals surface area contributed by atoms with Crippen molar-refractivity contribution in [2.75, 3.05) is 26.4 Å². The maximum atomic E-state index is 5.93. The first-order chi connectivity index (χ1) is 13.3. The van der Waals surface area contributed by atoms with Crippen LogP contribution in [-0.2, 0) is 17.7 Å². The zero-order valence-electron chi connectivity index (χ0n) is 18.8. The van der Waals surface area contributed by atoms with E-state index in [0.717, 1.165) is 52.1 Å². The largest absolute Gasteiger partial charge is 0.397 e. The second-order valence-electron chi connectivity index (χ2n) is 7.39. The Morgan fingerprint density at radius 3 is 0.926 bits per heavy atom. The highest BCUT2D eigenvalue weighted by Gasteiger charge is 2.13. The third-order valence-electron chi connectivity index (χ3n) is 4.41. The molecule has 0 aromatic carbocycles. The van der Waals surface area contributed by atoms with Crippen molar-refractivity contribution >= 4 is 18.6 Å². The fraction of sp³-hybridized carbons (Fsp3) is 1.00. The van der Waals surface area contributed by atoms with E-state index in [0.29, 0.717) is 0 Å². The minimum absolute atomic E-state index is 0.870. The second-order valence-corrected chi connectivity index (χ2v) is 11.6. The van der Waals surface area contributed by atoms with Gasteiger partial charge >= 0.3 is 18.6 Å². The normalized spacial score (nSPS) is 11.8. The summed E-state index contributed by atoms with van der Waals surface area (Å²) in [6.07, 6.45) is 13.6. The Morgan fingerprint density at radius 1 is 0.407 bits per heavy atom. The van der Waals surface area contributed by atoms with Crippen LogP contribution >= 0.6 is 0 Å². The van der Waals surface area contributed by atoms with Gasteiger partial charge in [-0.25, -0.2) is 0 Å². The van der Waals surface area contributed by atoms with Crippen molar-refractivity contribution in [3.63, 3.8) is 0 Å². The predicted octanol–water partition coefficient (Wildman–Crippen LogP) is 5.86. The van der Waals surface area contributed by atoms with E-state index in [1.807, 2.05) is 0 Å². The lowest BCUT2D eigenvalue weighted by atomic mass is 10.1. The molecule has 0 aliphatic rings. The van der Waals surface area contributed by atoms with Gasteiger partial charge in [0.2, 0.25) is 0 Å². The molecule has 0 aliphatic heterocycles. The molecule has 0 heterocycles. The van der Waals surface area contributed by atoms with Crippen molar-refractivity contribution in [3.05, 3.63) is 0 Å². The van der Waals surface area contributed by atoms with Gasteiger partial charge < -0.3 is 17.7 Å². The molecule has 0 aromatic heterocycles. The highest BCUT2D eigenvalue weighted by Crippen LogP contribution is 2.14. The fourth-order valence-corrected chi connectivity index (χ4v) is 7.03. The first-order valence-electron chi connectivity index (χ1n) is 11.7. The average molecular weight is 421 g/mol. The summed E-state index contributed by atoms with van der Waals surface area (Å²) in [5, 5.41) is 0. The van der Waals surface area contributed by atoms with E-state index in [9.17, 15) is 0 Å². The molecule has 0 fully saturated rings. The molecule has 0 aromatic rings. The maximum absolute atomic E-state index is 5.93. The van der Waals surface area contributed by atoms with Crippen LogP contribution in [0.15, 0.2) is 0 Å². The lowest BCUT2D eigenvalue weighted by Crippen LogP contribution is -2.23. The SMILES string of the molecule is CCCO[SiH](CCCCCCCCC[SiH](OCCC)OCCC)OCCC. The Balaban J connectivity index is 3.59. The van der Waals surface area contributed by atoms with Gasteiger partial charge in [-0.15, -0.1) is 0 Å². The van der Waals surface area contributed by atoms with E-state index in [1.54, 1.807) is 0 Å². The standard InChI is InChI=1S/C21H48O4Si2/c1-5-16-22-26(23-17-6-2)20-14-12-10-9-11-13-15-21-27(24-18-7-3)25-19-8-4/h26-27H,5-21H2,1-4H3. The molecule has 0 rings (SSSR count). The summed E-state index contributed by atoms with van der Waals surface area (Å²) in [7, 11) is -2.79. The number of hydrogen-bond acceptors (Lipinski definition) is 4. The molecule has 0 aliphatic carbocycles. The van der Waals surface area contributed by atoms with E-state index in [4.69, 9.17) is 17.7 Å². The van der Waals surface area contributed by atoms with Crippen molar-refractivity contribution < 1.29 is 17.7 Å². The van der Waals surface area contributed by atoms with Gasteiger partial charge in [0.25, 0.3) is 0 Å². The van der Waals surface area contributed by atoms with Crippen molar-refractivity contribution in [2.45, 2.75) is 110 Å². The summed E-state index contributed by atoms with van der Waals surface area (Å²) in [6.45, 7) is 12.2. The first-order valence-corrected chi connectivity index (χ1v) is 15.3. The molecule has 0 bridgehead atoms. The Kier molecular flexibility index (Phi) is 22.8. The zero-order valence-corrected chi connectivity index (χ0v) is 21.1. The maximum Gasteiger partial charge on any atom is 0.321 e. The summed E-state index contributed by atoms with van der Waals surface area (Å²) in [6, 6.07) is 2.35. The zero-order chi connectivity index (χ0) is 20.0. The van der Waals surface area contributed by atoms with Gasteiger partial charge in [0.1, 0.15) is 0 Å². The van der Waals surface area contributed by atoms with Crippen LogP contribution in [0.2, 0.25) is 12.1 Å². The highest BCUT2D eigenvalue weighted by molar-refractivity contribution is 6.44. The van der Waals surface area contributed by atoms with E-state index in [1.165, 1.54) is 57.0 Å². The molecular weight excluding hydrogens is 372 g/mol. The van der Waals surface area contributed by atoms with Crippen LogP contribution < -0.4 is 0 Å². The van der Waals surface area contributed by atoms with Gasteiger partial charge in [0.15, 0.2) is 0 Å². The molecular formula is C21H48O4Si2. The summed E-state index contributed by atoms with van der Waals surface area (Å²) < 4.78 is 23.7. The lowest BCUT2D eigenvalue weighted by Gasteiger charge is -2.16. The third kappa shape index (κ3) is 19.4. The van der Waals surface area contributed by atoms with Crippen LogP contribution in [0.1, 0.15) is 98.3 Å². The number of rotatable bonds is 22. The molecule has 0 atom stereocenters. The predicted molar refractivity (Wildman–Crippen MR) is 121 cm³/mol. The molecule has 0 saturated heterocycles. The molecule has 0 N–H and O–H groups in total. The van der Waals surface area contributed by atoms with Crippen LogP contribution in [0.4, 0.5) is 0 Å². The van der Waals surface area contributed by atoms with Crippen LogP contribution in [0.3, 0.4) is 0 Å². The molecule has 0 spiro atoms. The molecule has 4 nitrogen and oxygen atoms in total. The minimum Gasteiger partial charge on any atom is -0.397 e. The second kappa shape index (κ2) is 22.6. The molecule has 0 saturated carbocycles. The van der Waals surface area contributed by atoms with Gasteiger partial charge in [0.05, 0.1) is 0 Å². The van der Waals surface area contributed by atoms with Crippen molar-refractivity contribution in [1.29, 1.82) is 0 Å². The van der Waals surface area contributed by atoms with Crippen LogP contribution in [-0.4, -0.2) is 45.0 Å². The van der Waals surface area contributed by atoms with E-state index < -0.39 is 18.6 Å². The summed E-state index contributed by atoms with van der Waals surface area (Å²) in [4.78, 5) is 0. The van der Waals surface area contributed by atoms with Gasteiger partial charge in [-0.3, -0.25) is 0 Å². The van der Waals surface area contributed by atoms with Crippen molar-refractivity contribution in [1.82, 2.24) is 0 Å². The van der Waals surface area contributed by atoms with E-state index in [-0.39, 0.29) is 0 Å². The van der Waals surface area contributed by atoms with Gasteiger partial charge in [-0.05, 0) is 37.8 Å². The molecule has 0 amide bonds. The molecule has 164 valence electrons. The molecule has 6 heteroatoms. The monoisotopic (exact) mass is 420 g/mol. The Hall–Kier alpha value is 0.274. The van der Waals surface area contributed by atoms with Gasteiger partial charge in [0, 0.05) is 26.4 Å².